The van der Waals surface area contributed by atoms with E-state index in [2.05, 4.69) is 22.8 Å². The minimum absolute atomic E-state index is 0.0878. The van der Waals surface area contributed by atoms with Crippen molar-refractivity contribution < 1.29 is 28.9 Å². The number of nitrogens with one attached hydrogen (secondary N) is 2. The second-order valence-corrected chi connectivity index (χ2v) is 8.49. The van der Waals surface area contributed by atoms with Crippen LogP contribution in [0.25, 0.3) is 0 Å². The summed E-state index contributed by atoms with van der Waals surface area (Å²) in [5, 5.41) is 15.8. The first kappa shape index (κ1) is 21.5. The second kappa shape index (κ2) is 9.25. The standard InChI is InChI=1S/C25H26N2O6/c28-13-23-20(27-25(30)17-5-8-21-22(11-17)32-14-31-21)7-6-19(33-23)12-24(29)26-18-9-15-3-1-2-4-16(15)10-18/h1-8,11,18-20,23,28H,9-10,12-14H2,(H,26,29)(H,27,30)/t19-,20+,23-/m1/s1. The molecule has 0 aromatic heterocycles. The molecular formula is C25H26N2O6. The Kier molecular flexibility index (Phi) is 6.02. The minimum Gasteiger partial charge on any atom is -0.454 e. The minimum atomic E-state index is -0.651. The molecule has 3 N–H and O–H groups in total. The number of aliphatic hydroxyl groups is 1. The highest BCUT2D eigenvalue weighted by Crippen LogP contribution is 2.32. The van der Waals surface area contributed by atoms with Crippen LogP contribution in [0.2, 0.25) is 0 Å². The van der Waals surface area contributed by atoms with Crippen molar-refractivity contribution in [2.45, 2.75) is 43.6 Å². The van der Waals surface area contributed by atoms with Gasteiger partial charge in [-0.15, -0.1) is 0 Å². The zero-order valence-electron chi connectivity index (χ0n) is 18.0. The van der Waals surface area contributed by atoms with Crippen LogP contribution in [-0.2, 0) is 22.4 Å². The van der Waals surface area contributed by atoms with Crippen molar-refractivity contribution in [2.24, 2.45) is 0 Å². The van der Waals surface area contributed by atoms with E-state index in [0.717, 1.165) is 12.8 Å². The molecule has 8 nitrogen and oxygen atoms in total. The number of fused-ring (bicyclic) bond motifs is 2. The Labute approximate surface area is 191 Å². The molecule has 3 atom stereocenters. The van der Waals surface area contributed by atoms with E-state index in [1.807, 2.05) is 12.1 Å². The van der Waals surface area contributed by atoms with E-state index in [-0.39, 0.29) is 37.7 Å². The lowest BCUT2D eigenvalue weighted by molar-refractivity contribution is -0.126. The van der Waals surface area contributed by atoms with Crippen molar-refractivity contribution in [1.29, 1.82) is 0 Å². The maximum Gasteiger partial charge on any atom is 0.251 e. The van der Waals surface area contributed by atoms with Gasteiger partial charge in [-0.3, -0.25) is 9.59 Å². The lowest BCUT2D eigenvalue weighted by Gasteiger charge is -2.31. The quantitative estimate of drug-likeness (QED) is 0.576. The number of carbonyl (C=O) groups excluding carboxylic acids is 2. The van der Waals surface area contributed by atoms with Gasteiger partial charge in [-0.05, 0) is 42.2 Å². The lowest BCUT2D eigenvalue weighted by atomic mass is 10.0. The molecule has 33 heavy (non-hydrogen) atoms. The van der Waals surface area contributed by atoms with Crippen molar-refractivity contribution in [2.75, 3.05) is 13.4 Å². The van der Waals surface area contributed by atoms with Gasteiger partial charge in [0, 0.05) is 11.6 Å². The molecule has 5 rings (SSSR count). The summed E-state index contributed by atoms with van der Waals surface area (Å²) in [6, 6.07) is 12.7. The Hall–Kier alpha value is -3.36. The number of rotatable bonds is 6. The predicted molar refractivity (Wildman–Crippen MR) is 119 cm³/mol. The molecule has 0 unspecified atom stereocenters. The van der Waals surface area contributed by atoms with E-state index in [1.165, 1.54) is 11.1 Å². The van der Waals surface area contributed by atoms with Gasteiger partial charge in [-0.1, -0.05) is 36.4 Å². The molecule has 2 heterocycles. The molecule has 2 aromatic carbocycles. The fourth-order valence-corrected chi connectivity index (χ4v) is 4.54. The average Bonchev–Trinajstić information content (AvgIpc) is 3.45. The molecule has 1 aliphatic carbocycles. The summed E-state index contributed by atoms with van der Waals surface area (Å²) in [6.07, 6.45) is 4.24. The van der Waals surface area contributed by atoms with Crippen LogP contribution >= 0.6 is 0 Å². The molecule has 172 valence electrons. The summed E-state index contributed by atoms with van der Waals surface area (Å²) in [6.45, 7) is -0.151. The van der Waals surface area contributed by atoms with Crippen LogP contribution < -0.4 is 20.1 Å². The van der Waals surface area contributed by atoms with Crippen LogP contribution in [0, 0.1) is 0 Å². The Morgan fingerprint density at radius 3 is 2.48 bits per heavy atom. The van der Waals surface area contributed by atoms with Gasteiger partial charge >= 0.3 is 0 Å². The molecule has 0 saturated heterocycles. The van der Waals surface area contributed by atoms with Gasteiger partial charge < -0.3 is 30.0 Å². The number of ether oxygens (including phenoxy) is 3. The zero-order valence-corrected chi connectivity index (χ0v) is 18.0. The van der Waals surface area contributed by atoms with Crippen molar-refractivity contribution in [3.8, 4) is 11.5 Å². The normalized spacial score (nSPS) is 23.2. The molecule has 2 amide bonds. The number of hydrogen-bond donors (Lipinski definition) is 3. The van der Waals surface area contributed by atoms with Gasteiger partial charge in [-0.2, -0.15) is 0 Å². The lowest BCUT2D eigenvalue weighted by Crippen LogP contribution is -2.49. The molecular weight excluding hydrogens is 424 g/mol. The second-order valence-electron chi connectivity index (χ2n) is 8.49. The number of hydrogen-bond acceptors (Lipinski definition) is 6. The summed E-state index contributed by atoms with van der Waals surface area (Å²) >= 11 is 0. The Morgan fingerprint density at radius 2 is 1.73 bits per heavy atom. The largest absolute Gasteiger partial charge is 0.454 e. The third-order valence-corrected chi connectivity index (χ3v) is 6.20. The number of benzene rings is 2. The van der Waals surface area contributed by atoms with E-state index < -0.39 is 18.2 Å². The third-order valence-electron chi connectivity index (χ3n) is 6.20. The monoisotopic (exact) mass is 450 g/mol. The molecule has 8 heteroatoms. The van der Waals surface area contributed by atoms with Crippen molar-refractivity contribution >= 4 is 11.8 Å². The number of carbonyl (C=O) groups is 2. The van der Waals surface area contributed by atoms with Crippen molar-refractivity contribution in [1.82, 2.24) is 10.6 Å². The third kappa shape index (κ3) is 4.72. The van der Waals surface area contributed by atoms with Crippen LogP contribution in [0.1, 0.15) is 27.9 Å². The summed E-state index contributed by atoms with van der Waals surface area (Å²) in [4.78, 5) is 25.2. The Bertz CT molecular complexity index is 1060. The smallest absolute Gasteiger partial charge is 0.251 e. The highest BCUT2D eigenvalue weighted by molar-refractivity contribution is 5.95. The first-order chi connectivity index (χ1) is 16.1. The van der Waals surface area contributed by atoms with Gasteiger partial charge in [0.05, 0.1) is 25.2 Å². The van der Waals surface area contributed by atoms with Gasteiger partial charge in [0.1, 0.15) is 6.10 Å². The van der Waals surface area contributed by atoms with Crippen LogP contribution in [-0.4, -0.2) is 54.6 Å². The summed E-state index contributed by atoms with van der Waals surface area (Å²) in [5.74, 6) is 0.709. The molecule has 0 bridgehead atoms. The molecule has 0 saturated carbocycles. The van der Waals surface area contributed by atoms with Crippen LogP contribution in [0.3, 0.4) is 0 Å². The maximum absolute atomic E-state index is 12.7. The van der Waals surface area contributed by atoms with E-state index in [0.29, 0.717) is 17.1 Å². The molecule has 2 aliphatic heterocycles. The van der Waals surface area contributed by atoms with E-state index >= 15 is 0 Å². The summed E-state index contributed by atoms with van der Waals surface area (Å²) in [5.41, 5.74) is 2.97. The van der Waals surface area contributed by atoms with E-state index in [1.54, 1.807) is 30.4 Å². The molecule has 3 aliphatic rings. The molecule has 0 fully saturated rings. The molecule has 0 radical (unpaired) electrons. The predicted octanol–water partition coefficient (Wildman–Crippen LogP) is 1.50. The van der Waals surface area contributed by atoms with Crippen LogP contribution in [0.5, 0.6) is 11.5 Å². The molecule has 2 aromatic rings. The Balaban J connectivity index is 1.15. The zero-order chi connectivity index (χ0) is 22.8. The number of aliphatic hydroxyl groups excluding tert-OH is 1. The van der Waals surface area contributed by atoms with Gasteiger partial charge in [-0.25, -0.2) is 0 Å². The first-order valence-corrected chi connectivity index (χ1v) is 11.1. The van der Waals surface area contributed by atoms with Crippen molar-refractivity contribution in [3.05, 3.63) is 71.3 Å². The fourth-order valence-electron chi connectivity index (χ4n) is 4.54. The average molecular weight is 450 g/mol. The van der Waals surface area contributed by atoms with Crippen molar-refractivity contribution in [3.63, 3.8) is 0 Å². The highest BCUT2D eigenvalue weighted by atomic mass is 16.7. The summed E-state index contributed by atoms with van der Waals surface area (Å²) in [7, 11) is 0. The molecule has 0 spiro atoms. The van der Waals surface area contributed by atoms with Gasteiger partial charge in [0.15, 0.2) is 11.5 Å². The van der Waals surface area contributed by atoms with Crippen LogP contribution in [0.15, 0.2) is 54.6 Å². The highest BCUT2D eigenvalue weighted by Gasteiger charge is 2.30. The number of amides is 2. The van der Waals surface area contributed by atoms with Crippen LogP contribution in [0.4, 0.5) is 0 Å². The SMILES string of the molecule is O=C(C[C@H]1C=C[C@H](NC(=O)c2ccc3c(c2)OCO3)[C@@H](CO)O1)NC1Cc2ccccc2C1. The van der Waals surface area contributed by atoms with E-state index in [4.69, 9.17) is 14.2 Å². The van der Waals surface area contributed by atoms with E-state index in [9.17, 15) is 14.7 Å². The topological polar surface area (TPSA) is 106 Å². The van der Waals surface area contributed by atoms with Gasteiger partial charge in [0.25, 0.3) is 5.91 Å². The summed E-state index contributed by atoms with van der Waals surface area (Å²) < 4.78 is 16.5. The first-order valence-electron chi connectivity index (χ1n) is 11.1. The Morgan fingerprint density at radius 1 is 0.970 bits per heavy atom. The maximum atomic E-state index is 12.7. The van der Waals surface area contributed by atoms with Gasteiger partial charge in [0.2, 0.25) is 12.7 Å². The fraction of sp³-hybridized carbons (Fsp3) is 0.360.